The summed E-state index contributed by atoms with van der Waals surface area (Å²) in [5, 5.41) is 12.3. The summed E-state index contributed by atoms with van der Waals surface area (Å²) in [4.78, 5) is 17.8. The first kappa shape index (κ1) is 38.0. The van der Waals surface area contributed by atoms with Gasteiger partial charge in [0.15, 0.2) is 9.84 Å². The Morgan fingerprint density at radius 1 is 1.00 bits per heavy atom. The minimum absolute atomic E-state index is 0.00984. The molecule has 1 amide bonds. The molecular formula is C36H45F5N4O4S. The van der Waals surface area contributed by atoms with Crippen LogP contribution in [0.15, 0.2) is 53.4 Å². The second kappa shape index (κ2) is 16.4. The van der Waals surface area contributed by atoms with Gasteiger partial charge in [0.2, 0.25) is 0 Å². The van der Waals surface area contributed by atoms with Crippen LogP contribution in [0.3, 0.4) is 0 Å². The highest BCUT2D eigenvalue weighted by Gasteiger charge is 2.43. The molecule has 2 saturated carbocycles. The highest BCUT2D eigenvalue weighted by molar-refractivity contribution is 7.91. The molecule has 1 N–H and O–H groups in total. The quantitative estimate of drug-likeness (QED) is 0.195. The highest BCUT2D eigenvalue weighted by atomic mass is 32.2. The van der Waals surface area contributed by atoms with Gasteiger partial charge in [-0.05, 0) is 98.7 Å². The molecule has 2 aromatic rings. The van der Waals surface area contributed by atoms with E-state index in [9.17, 15) is 40.4 Å². The van der Waals surface area contributed by atoms with Gasteiger partial charge in [-0.3, -0.25) is 9.69 Å². The molecule has 3 atom stereocenters. The van der Waals surface area contributed by atoms with Crippen LogP contribution in [0.25, 0.3) is 0 Å². The van der Waals surface area contributed by atoms with E-state index in [1.165, 1.54) is 12.1 Å². The molecule has 2 aliphatic carbocycles. The van der Waals surface area contributed by atoms with Gasteiger partial charge in [-0.2, -0.15) is 27.2 Å². The van der Waals surface area contributed by atoms with Crippen molar-refractivity contribution in [3.05, 3.63) is 59.7 Å². The number of hydrogen-bond acceptors (Lipinski definition) is 7. The van der Waals surface area contributed by atoms with Gasteiger partial charge in [0.1, 0.15) is 0 Å². The van der Waals surface area contributed by atoms with Crippen LogP contribution in [-0.4, -0.2) is 76.1 Å². The lowest BCUT2D eigenvalue weighted by atomic mass is 9.81. The van der Waals surface area contributed by atoms with E-state index in [2.05, 4.69) is 16.3 Å². The van der Waals surface area contributed by atoms with Crippen molar-refractivity contribution in [2.75, 3.05) is 36.9 Å². The lowest BCUT2D eigenvalue weighted by Gasteiger charge is -2.36. The van der Waals surface area contributed by atoms with Crippen molar-refractivity contribution in [2.24, 2.45) is 17.8 Å². The van der Waals surface area contributed by atoms with Gasteiger partial charge >= 0.3 is 12.8 Å². The van der Waals surface area contributed by atoms with Crippen LogP contribution < -0.4 is 10.2 Å². The third kappa shape index (κ3) is 9.94. The number of halogens is 5. The lowest BCUT2D eigenvalue weighted by molar-refractivity contribution is -0.184. The molecule has 0 aromatic heterocycles. The lowest BCUT2D eigenvalue weighted by Crippen LogP contribution is -2.43. The number of sulfone groups is 1. The van der Waals surface area contributed by atoms with Gasteiger partial charge in [-0.1, -0.05) is 19.1 Å². The van der Waals surface area contributed by atoms with E-state index in [0.29, 0.717) is 49.4 Å². The summed E-state index contributed by atoms with van der Waals surface area (Å²) in [6.45, 7) is 0.472. The summed E-state index contributed by atoms with van der Waals surface area (Å²) in [6.07, 6.45) is -0.105. The number of carbonyl (C=O) groups excluding carboxylic acids is 1. The Labute approximate surface area is 290 Å². The molecule has 50 heavy (non-hydrogen) atoms. The van der Waals surface area contributed by atoms with E-state index in [-0.39, 0.29) is 54.5 Å². The Bertz CT molecular complexity index is 1570. The molecule has 0 bridgehead atoms. The number of amides is 1. The van der Waals surface area contributed by atoms with Crippen molar-refractivity contribution in [3.63, 3.8) is 0 Å². The summed E-state index contributed by atoms with van der Waals surface area (Å²) < 4.78 is 95.3. The van der Waals surface area contributed by atoms with Crippen molar-refractivity contribution >= 4 is 21.4 Å². The van der Waals surface area contributed by atoms with E-state index >= 15 is 0 Å². The van der Waals surface area contributed by atoms with E-state index in [1.807, 2.05) is 4.90 Å². The largest absolute Gasteiger partial charge is 0.391 e. The number of nitrogens with zero attached hydrogens (tertiary/aromatic N) is 3. The molecule has 1 saturated heterocycles. The first-order valence-corrected chi connectivity index (χ1v) is 19.0. The molecule has 3 aliphatic rings. The predicted octanol–water partition coefficient (Wildman–Crippen LogP) is 7.13. The molecule has 0 spiro atoms. The van der Waals surface area contributed by atoms with Crippen LogP contribution in [-0.2, 0) is 14.6 Å². The fraction of sp³-hybridized carbons (Fsp3) is 0.611. The molecule has 0 radical (unpaired) electrons. The topological polar surface area (TPSA) is 103 Å². The standard InChI is InChI=1S/C36H45F5N4O4S/c1-2-50(47,48)32-15-9-26(10-16-32)33(17-18-42)43-34(46)27-7-13-29(14-8-27)45-22-30(19-31(45)23-49-35(37)38)44(20-24-3-4-24)21-25-5-11-28(12-6-25)36(39,40)41/h7-10,13-16,24-25,28,30-31,33,35H,2-6,11-12,17,19-23H2,1H3,(H,43,46)/t25-,28-,30-,31+,33+/m1/s1. The average Bonchev–Trinajstić information content (AvgIpc) is 3.81. The number of carbonyl (C=O) groups is 1. The Morgan fingerprint density at radius 3 is 2.12 bits per heavy atom. The average molecular weight is 725 g/mol. The Kier molecular flexibility index (Phi) is 12.4. The summed E-state index contributed by atoms with van der Waals surface area (Å²) in [6, 6.07) is 13.9. The maximum atomic E-state index is 13.3. The van der Waals surface area contributed by atoms with Crippen LogP contribution in [0.4, 0.5) is 27.6 Å². The van der Waals surface area contributed by atoms with Crippen molar-refractivity contribution < 1.29 is 39.9 Å². The number of benzene rings is 2. The second-order valence-corrected chi connectivity index (χ2v) is 16.1. The zero-order valence-electron chi connectivity index (χ0n) is 28.1. The molecule has 5 rings (SSSR count). The van der Waals surface area contributed by atoms with Crippen molar-refractivity contribution in [2.45, 2.75) is 94.1 Å². The first-order chi connectivity index (χ1) is 23.8. The zero-order chi connectivity index (χ0) is 36.1. The molecular weight excluding hydrogens is 679 g/mol. The predicted molar refractivity (Wildman–Crippen MR) is 178 cm³/mol. The molecule has 2 aromatic carbocycles. The number of nitrogens with one attached hydrogen (secondary N) is 1. The van der Waals surface area contributed by atoms with Gasteiger partial charge in [-0.25, -0.2) is 8.42 Å². The number of alkyl halides is 5. The smallest absolute Gasteiger partial charge is 0.365 e. The van der Waals surface area contributed by atoms with Gasteiger partial charge in [0.05, 0.1) is 47.7 Å². The molecule has 274 valence electrons. The number of anilines is 1. The number of ether oxygens (including phenoxy) is 1. The van der Waals surface area contributed by atoms with E-state index in [1.54, 1.807) is 43.3 Å². The van der Waals surface area contributed by atoms with Crippen LogP contribution in [0.5, 0.6) is 0 Å². The minimum atomic E-state index is -4.16. The maximum Gasteiger partial charge on any atom is 0.391 e. The van der Waals surface area contributed by atoms with E-state index in [4.69, 9.17) is 4.74 Å². The first-order valence-electron chi connectivity index (χ1n) is 17.3. The van der Waals surface area contributed by atoms with Crippen LogP contribution in [0.1, 0.15) is 80.3 Å². The molecule has 3 fully saturated rings. The Balaban J connectivity index is 1.27. The molecule has 14 heteroatoms. The Morgan fingerprint density at radius 2 is 1.60 bits per heavy atom. The molecule has 1 aliphatic heterocycles. The third-order valence-electron chi connectivity index (χ3n) is 10.4. The van der Waals surface area contributed by atoms with Crippen LogP contribution >= 0.6 is 0 Å². The molecule has 0 unspecified atom stereocenters. The van der Waals surface area contributed by atoms with Gasteiger partial charge in [0.25, 0.3) is 5.91 Å². The summed E-state index contributed by atoms with van der Waals surface area (Å²) in [5.74, 6) is -1.03. The summed E-state index contributed by atoms with van der Waals surface area (Å²) >= 11 is 0. The number of hydrogen-bond donors (Lipinski definition) is 1. The van der Waals surface area contributed by atoms with Gasteiger partial charge in [-0.15, -0.1) is 0 Å². The van der Waals surface area contributed by atoms with Crippen molar-refractivity contribution in [3.8, 4) is 6.07 Å². The summed E-state index contributed by atoms with van der Waals surface area (Å²) in [5.41, 5.74) is 1.63. The fourth-order valence-corrected chi connectivity index (χ4v) is 8.17. The van der Waals surface area contributed by atoms with Crippen LogP contribution in [0, 0.1) is 29.1 Å². The monoisotopic (exact) mass is 724 g/mol. The molecule has 8 nitrogen and oxygen atoms in total. The van der Waals surface area contributed by atoms with E-state index in [0.717, 1.165) is 25.1 Å². The van der Waals surface area contributed by atoms with Crippen molar-refractivity contribution in [1.29, 1.82) is 5.26 Å². The minimum Gasteiger partial charge on any atom is -0.365 e. The number of rotatable bonds is 15. The summed E-state index contributed by atoms with van der Waals surface area (Å²) in [7, 11) is -3.40. The number of nitriles is 1. The van der Waals surface area contributed by atoms with Gasteiger partial charge < -0.3 is 15.0 Å². The van der Waals surface area contributed by atoms with Gasteiger partial charge in [0, 0.05) is 36.9 Å². The van der Waals surface area contributed by atoms with E-state index < -0.39 is 40.5 Å². The maximum absolute atomic E-state index is 13.3. The fourth-order valence-electron chi connectivity index (χ4n) is 7.29. The molecule has 1 heterocycles. The second-order valence-electron chi connectivity index (χ2n) is 13.9. The highest BCUT2D eigenvalue weighted by Crippen LogP contribution is 2.41. The third-order valence-corrected chi connectivity index (χ3v) is 12.1. The van der Waals surface area contributed by atoms with Crippen molar-refractivity contribution in [1.82, 2.24) is 10.2 Å². The Hall–Kier alpha value is -3.28. The SMILES string of the molecule is CCS(=O)(=O)c1ccc([C@H](CC#N)NC(=O)c2ccc(N3C[C@H](N(CC4CC4)C[C@H]4CC[C@H](C(F)(F)F)CC4)C[C@H]3COC(F)F)cc2)cc1. The normalized spacial score (nSPS) is 23.6. The van der Waals surface area contributed by atoms with Crippen LogP contribution in [0.2, 0.25) is 0 Å². The zero-order valence-corrected chi connectivity index (χ0v) is 28.9.